The predicted molar refractivity (Wildman–Crippen MR) is 132 cm³/mol. The van der Waals surface area contributed by atoms with E-state index in [-0.39, 0.29) is 16.7 Å². The fourth-order valence-corrected chi connectivity index (χ4v) is 6.12. The molecule has 0 bridgehead atoms. The fraction of sp³-hybridized carbons (Fsp3) is 0.385. The number of methoxy groups -OCH3 is 2. The van der Waals surface area contributed by atoms with Gasteiger partial charge in [0.2, 0.25) is 0 Å². The molecule has 0 amide bonds. The van der Waals surface area contributed by atoms with E-state index in [1.807, 2.05) is 19.1 Å². The first-order chi connectivity index (χ1) is 16.8. The molecule has 1 aliphatic carbocycles. The molecule has 9 heteroatoms. The SMILES string of the molecule is COc1cc2c(cc1OC)[C@@H]1C/C(=N/NS(=O)(=O)c3ccc(C)cc3)C3=C(CCCC3=O)N1CC2. The molecule has 0 saturated carbocycles. The summed E-state index contributed by atoms with van der Waals surface area (Å²) in [5.41, 5.74) is 5.24. The molecule has 0 aromatic heterocycles. The Morgan fingerprint density at radius 1 is 1.03 bits per heavy atom. The highest BCUT2D eigenvalue weighted by Gasteiger charge is 2.40. The average Bonchev–Trinajstić information content (AvgIpc) is 2.86. The van der Waals surface area contributed by atoms with Crippen molar-refractivity contribution in [3.63, 3.8) is 0 Å². The van der Waals surface area contributed by atoms with Crippen molar-refractivity contribution in [3.8, 4) is 11.5 Å². The molecular formula is C26H29N3O5S. The molecule has 5 rings (SSSR count). The van der Waals surface area contributed by atoms with Crippen LogP contribution in [0.2, 0.25) is 0 Å². The molecular weight excluding hydrogens is 466 g/mol. The summed E-state index contributed by atoms with van der Waals surface area (Å²) in [5.74, 6) is 1.35. The van der Waals surface area contributed by atoms with Crippen molar-refractivity contribution in [1.82, 2.24) is 9.73 Å². The van der Waals surface area contributed by atoms with Crippen LogP contribution in [-0.4, -0.2) is 45.6 Å². The van der Waals surface area contributed by atoms with Crippen molar-refractivity contribution in [2.75, 3.05) is 20.8 Å². The Hall–Kier alpha value is -3.33. The molecule has 35 heavy (non-hydrogen) atoms. The van der Waals surface area contributed by atoms with Gasteiger partial charge in [0.05, 0.1) is 36.4 Å². The molecule has 2 aromatic rings. The third-order valence-corrected chi connectivity index (χ3v) is 8.27. The van der Waals surface area contributed by atoms with Crippen molar-refractivity contribution in [3.05, 3.63) is 64.4 Å². The summed E-state index contributed by atoms with van der Waals surface area (Å²) in [6.45, 7) is 2.68. The van der Waals surface area contributed by atoms with Gasteiger partial charge in [-0.1, -0.05) is 17.7 Å². The van der Waals surface area contributed by atoms with Crippen LogP contribution in [0.3, 0.4) is 0 Å². The average molecular weight is 496 g/mol. The molecule has 1 N–H and O–H groups in total. The van der Waals surface area contributed by atoms with Gasteiger partial charge in [0.15, 0.2) is 17.3 Å². The number of aryl methyl sites for hydroxylation is 1. The van der Waals surface area contributed by atoms with Crippen molar-refractivity contribution < 1.29 is 22.7 Å². The molecule has 0 saturated heterocycles. The van der Waals surface area contributed by atoms with E-state index >= 15 is 0 Å². The number of hydrazone groups is 1. The Morgan fingerprint density at radius 2 is 1.74 bits per heavy atom. The Kier molecular flexibility index (Phi) is 6.04. The Bertz CT molecular complexity index is 1350. The number of fused-ring (bicyclic) bond motifs is 4. The van der Waals surface area contributed by atoms with Crippen LogP contribution in [0.25, 0.3) is 0 Å². The van der Waals surface area contributed by atoms with Crippen LogP contribution in [0, 0.1) is 6.92 Å². The minimum absolute atomic E-state index is 0.0242. The van der Waals surface area contributed by atoms with E-state index in [1.54, 1.807) is 38.5 Å². The summed E-state index contributed by atoms with van der Waals surface area (Å²) in [7, 11) is -0.632. The monoisotopic (exact) mass is 495 g/mol. The highest BCUT2D eigenvalue weighted by Crippen LogP contribution is 2.46. The Labute approximate surface area is 205 Å². The van der Waals surface area contributed by atoms with Gasteiger partial charge < -0.3 is 14.4 Å². The normalized spacial score (nSPS) is 20.8. The number of hydrogen-bond donors (Lipinski definition) is 1. The Morgan fingerprint density at radius 3 is 2.46 bits per heavy atom. The third kappa shape index (κ3) is 4.18. The van der Waals surface area contributed by atoms with Crippen LogP contribution in [0.5, 0.6) is 11.5 Å². The van der Waals surface area contributed by atoms with Crippen LogP contribution in [0.15, 0.2) is 57.7 Å². The Balaban J connectivity index is 1.56. The molecule has 3 aliphatic rings. The molecule has 0 radical (unpaired) electrons. The van der Waals surface area contributed by atoms with Gasteiger partial charge in [-0.25, -0.2) is 0 Å². The zero-order valence-corrected chi connectivity index (χ0v) is 20.9. The maximum atomic E-state index is 13.0. The first-order valence-corrected chi connectivity index (χ1v) is 13.2. The number of allylic oxidation sites excluding steroid dienone is 2. The lowest BCUT2D eigenvalue weighted by atomic mass is 9.79. The maximum Gasteiger partial charge on any atom is 0.276 e. The van der Waals surface area contributed by atoms with Gasteiger partial charge in [-0.2, -0.15) is 18.4 Å². The molecule has 0 fully saturated rings. The predicted octanol–water partition coefficient (Wildman–Crippen LogP) is 3.66. The number of Topliss-reactive ketones (excluding diaryl/α,β-unsaturated/α-hetero) is 1. The van der Waals surface area contributed by atoms with Crippen LogP contribution < -0.4 is 14.3 Å². The van der Waals surface area contributed by atoms with E-state index in [2.05, 4.69) is 14.8 Å². The van der Waals surface area contributed by atoms with Crippen LogP contribution >= 0.6 is 0 Å². The molecule has 0 spiro atoms. The van der Waals surface area contributed by atoms with Crippen LogP contribution in [0.4, 0.5) is 0 Å². The number of carbonyl (C=O) groups is 1. The zero-order chi connectivity index (χ0) is 24.7. The topological polar surface area (TPSA) is 97.3 Å². The second kappa shape index (κ2) is 9.03. The van der Waals surface area contributed by atoms with Crippen molar-refractivity contribution in [1.29, 1.82) is 0 Å². The number of sulfonamides is 1. The fourth-order valence-electron chi connectivity index (χ4n) is 5.29. The lowest BCUT2D eigenvalue weighted by molar-refractivity contribution is -0.115. The zero-order valence-electron chi connectivity index (χ0n) is 20.1. The molecule has 2 aliphatic heterocycles. The molecule has 1 atom stereocenters. The van der Waals surface area contributed by atoms with Gasteiger partial charge in [-0.3, -0.25) is 4.79 Å². The van der Waals surface area contributed by atoms with Crippen molar-refractivity contribution in [2.45, 2.75) is 50.0 Å². The number of ketones is 1. The minimum Gasteiger partial charge on any atom is -0.493 e. The van der Waals surface area contributed by atoms with Crippen LogP contribution in [-0.2, 0) is 21.2 Å². The largest absolute Gasteiger partial charge is 0.493 e. The van der Waals surface area contributed by atoms with E-state index in [0.29, 0.717) is 35.6 Å². The standard InChI is InChI=1S/C26H29N3O5S/c1-16-7-9-18(10-8-16)35(31,32)28-27-20-15-22-19-14-25(34-3)24(33-2)13-17(19)11-12-29(22)21-5-4-6-23(30)26(20)21/h7-10,13-14,22,28H,4-6,11-12,15H2,1-3H3/b27-20-/t22-/m0/s1. The summed E-state index contributed by atoms with van der Waals surface area (Å²) in [4.78, 5) is 17.8. The summed E-state index contributed by atoms with van der Waals surface area (Å²) >= 11 is 0. The highest BCUT2D eigenvalue weighted by atomic mass is 32.2. The maximum absolute atomic E-state index is 13.0. The molecule has 2 heterocycles. The number of ether oxygens (including phenoxy) is 2. The smallest absolute Gasteiger partial charge is 0.276 e. The first kappa shape index (κ1) is 23.4. The summed E-state index contributed by atoms with van der Waals surface area (Å²) in [5, 5.41) is 4.35. The van der Waals surface area contributed by atoms with Crippen molar-refractivity contribution in [2.24, 2.45) is 5.10 Å². The lowest BCUT2D eigenvalue weighted by Crippen LogP contribution is -2.43. The summed E-state index contributed by atoms with van der Waals surface area (Å²) < 4.78 is 36.8. The summed E-state index contributed by atoms with van der Waals surface area (Å²) in [6.07, 6.45) is 3.24. The van der Waals surface area contributed by atoms with Crippen LogP contribution in [0.1, 0.15) is 48.4 Å². The van der Waals surface area contributed by atoms with Gasteiger partial charge in [-0.15, -0.1) is 0 Å². The number of benzene rings is 2. The van der Waals surface area contributed by atoms with E-state index in [0.717, 1.165) is 48.2 Å². The first-order valence-electron chi connectivity index (χ1n) is 11.8. The van der Waals surface area contributed by atoms with Crippen molar-refractivity contribution >= 4 is 21.5 Å². The third-order valence-electron chi connectivity index (χ3n) is 7.04. The van der Waals surface area contributed by atoms with Gasteiger partial charge in [-0.05, 0) is 61.6 Å². The lowest BCUT2D eigenvalue weighted by Gasteiger charge is -2.46. The number of nitrogens with zero attached hydrogens (tertiary/aromatic N) is 2. The van der Waals surface area contributed by atoms with Gasteiger partial charge in [0, 0.05) is 25.1 Å². The number of carbonyl (C=O) groups excluding carboxylic acids is 1. The molecule has 2 aromatic carbocycles. The second-order valence-corrected chi connectivity index (χ2v) is 10.8. The molecule has 184 valence electrons. The number of rotatable bonds is 5. The molecule has 8 nitrogen and oxygen atoms in total. The molecule has 0 unspecified atom stereocenters. The van der Waals surface area contributed by atoms with Gasteiger partial charge >= 0.3 is 0 Å². The van der Waals surface area contributed by atoms with E-state index < -0.39 is 10.0 Å². The van der Waals surface area contributed by atoms with E-state index in [4.69, 9.17) is 9.47 Å². The summed E-state index contributed by atoms with van der Waals surface area (Å²) in [6, 6.07) is 10.5. The number of hydrogen-bond acceptors (Lipinski definition) is 7. The minimum atomic E-state index is -3.86. The second-order valence-electron chi connectivity index (χ2n) is 9.13. The number of nitrogens with one attached hydrogen (secondary N) is 1. The quantitative estimate of drug-likeness (QED) is 0.636. The van der Waals surface area contributed by atoms with E-state index in [9.17, 15) is 13.2 Å². The van der Waals surface area contributed by atoms with Gasteiger partial charge in [0.25, 0.3) is 10.0 Å². The van der Waals surface area contributed by atoms with E-state index in [1.165, 1.54) is 0 Å². The highest BCUT2D eigenvalue weighted by molar-refractivity contribution is 7.89. The van der Waals surface area contributed by atoms with Gasteiger partial charge in [0.1, 0.15) is 0 Å².